The van der Waals surface area contributed by atoms with Crippen molar-refractivity contribution in [1.29, 1.82) is 0 Å². The molecule has 0 fully saturated rings. The van der Waals surface area contributed by atoms with E-state index in [1.807, 2.05) is 38.1 Å². The van der Waals surface area contributed by atoms with Crippen LogP contribution in [0.4, 0.5) is 0 Å². The largest absolute Gasteiger partial charge is 0.492 e. The average Bonchev–Trinajstić information content (AvgIpc) is 2.33. The highest BCUT2D eigenvalue weighted by Gasteiger charge is 1.94. The van der Waals surface area contributed by atoms with Crippen molar-refractivity contribution in [1.82, 2.24) is 10.7 Å². The molecule has 0 heterocycles. The van der Waals surface area contributed by atoms with Gasteiger partial charge in [-0.25, -0.2) is 10.8 Å². The van der Waals surface area contributed by atoms with Gasteiger partial charge in [-0.05, 0) is 31.5 Å². The van der Waals surface area contributed by atoms with Crippen molar-refractivity contribution in [3.63, 3.8) is 0 Å². The van der Waals surface area contributed by atoms with E-state index in [2.05, 4.69) is 15.7 Å². The molecule has 0 spiro atoms. The highest BCUT2D eigenvalue weighted by atomic mass is 16.5. The van der Waals surface area contributed by atoms with E-state index in [1.165, 1.54) is 5.56 Å². The Morgan fingerprint density at radius 1 is 1.47 bits per heavy atom. The van der Waals surface area contributed by atoms with Crippen LogP contribution < -0.4 is 21.3 Å². The number of benzene rings is 1. The summed E-state index contributed by atoms with van der Waals surface area (Å²) in [6.07, 6.45) is 0. The molecule has 0 aromatic heterocycles. The van der Waals surface area contributed by atoms with E-state index in [9.17, 15) is 0 Å². The summed E-state index contributed by atoms with van der Waals surface area (Å²) in [5.41, 5.74) is 3.68. The molecule has 0 aliphatic carbocycles. The maximum atomic E-state index is 5.56. The second kappa shape index (κ2) is 7.51. The molecule has 0 aliphatic heterocycles. The summed E-state index contributed by atoms with van der Waals surface area (Å²) in [6.45, 7) is 5.88. The zero-order valence-electron chi connectivity index (χ0n) is 10.4. The lowest BCUT2D eigenvalue weighted by molar-refractivity contribution is 0.328. The fourth-order valence-corrected chi connectivity index (χ4v) is 1.35. The number of nitrogens with one attached hydrogen (secondary N) is 2. The number of rotatable bonds is 5. The van der Waals surface area contributed by atoms with Crippen molar-refractivity contribution in [2.45, 2.75) is 13.8 Å². The molecule has 0 amide bonds. The van der Waals surface area contributed by atoms with Gasteiger partial charge in [0.05, 0.1) is 6.54 Å². The molecule has 1 aromatic rings. The van der Waals surface area contributed by atoms with E-state index in [0.29, 0.717) is 19.1 Å². The van der Waals surface area contributed by atoms with E-state index in [0.717, 1.165) is 12.3 Å². The van der Waals surface area contributed by atoms with Gasteiger partial charge in [0.25, 0.3) is 0 Å². The minimum Gasteiger partial charge on any atom is -0.492 e. The van der Waals surface area contributed by atoms with Crippen LogP contribution >= 0.6 is 0 Å². The first-order chi connectivity index (χ1) is 8.26. The number of nitrogens with zero attached hydrogens (tertiary/aromatic N) is 1. The summed E-state index contributed by atoms with van der Waals surface area (Å²) in [7, 11) is 0. The third-order valence-corrected chi connectivity index (χ3v) is 2.10. The van der Waals surface area contributed by atoms with Crippen molar-refractivity contribution in [3.8, 4) is 5.75 Å². The number of aryl methyl sites for hydroxylation is 1. The van der Waals surface area contributed by atoms with Crippen LogP contribution in [-0.2, 0) is 0 Å². The van der Waals surface area contributed by atoms with Crippen LogP contribution in [0.3, 0.4) is 0 Å². The summed E-state index contributed by atoms with van der Waals surface area (Å²) < 4.78 is 5.56. The molecule has 5 nitrogen and oxygen atoms in total. The van der Waals surface area contributed by atoms with Gasteiger partial charge in [0.2, 0.25) is 5.96 Å². The van der Waals surface area contributed by atoms with Crippen molar-refractivity contribution in [3.05, 3.63) is 29.8 Å². The lowest BCUT2D eigenvalue weighted by Crippen LogP contribution is -2.41. The minimum absolute atomic E-state index is 0.528. The Hall–Kier alpha value is -1.75. The van der Waals surface area contributed by atoms with Gasteiger partial charge in [-0.1, -0.05) is 12.1 Å². The topological polar surface area (TPSA) is 71.7 Å². The number of guanidine groups is 1. The molecule has 0 aliphatic rings. The zero-order chi connectivity index (χ0) is 12.5. The molecular weight excluding hydrogens is 216 g/mol. The fraction of sp³-hybridized carbons (Fsp3) is 0.417. The van der Waals surface area contributed by atoms with Crippen LogP contribution in [0.15, 0.2) is 29.3 Å². The number of hydrogen-bond acceptors (Lipinski definition) is 3. The van der Waals surface area contributed by atoms with Gasteiger partial charge >= 0.3 is 0 Å². The lowest BCUT2D eigenvalue weighted by Gasteiger charge is -2.07. The number of aliphatic imine (C=N–C) groups is 1. The van der Waals surface area contributed by atoms with Gasteiger partial charge in [0, 0.05) is 6.54 Å². The first kappa shape index (κ1) is 13.3. The summed E-state index contributed by atoms with van der Waals surface area (Å²) in [6, 6.07) is 7.94. The fourth-order valence-electron chi connectivity index (χ4n) is 1.35. The molecule has 0 unspecified atom stereocenters. The van der Waals surface area contributed by atoms with Gasteiger partial charge in [-0.15, -0.1) is 0 Å². The van der Waals surface area contributed by atoms with Gasteiger partial charge in [0.1, 0.15) is 12.4 Å². The third kappa shape index (κ3) is 5.21. The number of hydrazine groups is 1. The quantitative estimate of drug-likeness (QED) is 0.232. The molecule has 0 radical (unpaired) electrons. The molecule has 94 valence electrons. The predicted octanol–water partition coefficient (Wildman–Crippen LogP) is 0.803. The van der Waals surface area contributed by atoms with Crippen molar-refractivity contribution >= 4 is 5.96 Å². The van der Waals surface area contributed by atoms with E-state index >= 15 is 0 Å². The van der Waals surface area contributed by atoms with E-state index < -0.39 is 0 Å². The highest BCUT2D eigenvalue weighted by molar-refractivity contribution is 5.79. The van der Waals surface area contributed by atoms with E-state index in [1.54, 1.807) is 0 Å². The molecule has 0 atom stereocenters. The Morgan fingerprint density at radius 3 is 2.94 bits per heavy atom. The molecule has 1 rings (SSSR count). The van der Waals surface area contributed by atoms with E-state index in [-0.39, 0.29) is 0 Å². The van der Waals surface area contributed by atoms with Gasteiger partial charge in [-0.3, -0.25) is 5.43 Å². The molecule has 1 aromatic carbocycles. The van der Waals surface area contributed by atoms with Crippen LogP contribution in [0, 0.1) is 6.92 Å². The maximum absolute atomic E-state index is 5.56. The van der Waals surface area contributed by atoms with Crippen LogP contribution in [0.5, 0.6) is 5.75 Å². The summed E-state index contributed by atoms with van der Waals surface area (Å²) in [5.74, 6) is 6.74. The molecule has 0 saturated carbocycles. The zero-order valence-corrected chi connectivity index (χ0v) is 10.4. The van der Waals surface area contributed by atoms with Crippen molar-refractivity contribution in [2.75, 3.05) is 19.7 Å². The average molecular weight is 236 g/mol. The summed E-state index contributed by atoms with van der Waals surface area (Å²) in [5, 5.41) is 3.00. The SMILES string of the molecule is CCNC(=NCCOc1cccc(C)c1)NN. The Balaban J connectivity index is 2.32. The normalized spacial score (nSPS) is 11.1. The molecule has 5 heteroatoms. The van der Waals surface area contributed by atoms with Crippen molar-refractivity contribution in [2.24, 2.45) is 10.8 Å². The third-order valence-electron chi connectivity index (χ3n) is 2.10. The molecule has 17 heavy (non-hydrogen) atoms. The Labute approximate surface area is 102 Å². The van der Waals surface area contributed by atoms with Gasteiger partial charge < -0.3 is 10.1 Å². The predicted molar refractivity (Wildman–Crippen MR) is 70.0 cm³/mol. The Kier molecular flexibility index (Phi) is 5.88. The number of ether oxygens (including phenoxy) is 1. The van der Waals surface area contributed by atoms with Gasteiger partial charge in [0.15, 0.2) is 0 Å². The second-order valence-corrected chi connectivity index (χ2v) is 3.57. The Bertz CT molecular complexity index is 365. The minimum atomic E-state index is 0.528. The van der Waals surface area contributed by atoms with Crippen LogP contribution in [0.25, 0.3) is 0 Å². The highest BCUT2D eigenvalue weighted by Crippen LogP contribution is 2.11. The first-order valence-corrected chi connectivity index (χ1v) is 5.70. The second-order valence-electron chi connectivity index (χ2n) is 3.57. The summed E-state index contributed by atoms with van der Waals surface area (Å²) >= 11 is 0. The van der Waals surface area contributed by atoms with Crippen LogP contribution in [0.1, 0.15) is 12.5 Å². The van der Waals surface area contributed by atoms with Gasteiger partial charge in [-0.2, -0.15) is 0 Å². The Morgan fingerprint density at radius 2 is 2.29 bits per heavy atom. The number of nitrogens with two attached hydrogens (primary N) is 1. The lowest BCUT2D eigenvalue weighted by atomic mass is 10.2. The van der Waals surface area contributed by atoms with E-state index in [4.69, 9.17) is 10.6 Å². The van der Waals surface area contributed by atoms with Crippen LogP contribution in [-0.4, -0.2) is 25.7 Å². The molecule has 4 N–H and O–H groups in total. The number of hydrogen-bond donors (Lipinski definition) is 3. The molecular formula is C12H20N4O. The monoisotopic (exact) mass is 236 g/mol. The van der Waals surface area contributed by atoms with Crippen LogP contribution in [0.2, 0.25) is 0 Å². The smallest absolute Gasteiger partial charge is 0.205 e. The standard InChI is InChI=1S/C12H20N4O/c1-3-14-12(16-13)15-7-8-17-11-6-4-5-10(2)9-11/h4-6,9H,3,7-8,13H2,1-2H3,(H2,14,15,16). The first-order valence-electron chi connectivity index (χ1n) is 5.70. The molecule has 0 bridgehead atoms. The molecule has 0 saturated heterocycles. The maximum Gasteiger partial charge on any atom is 0.205 e. The summed E-state index contributed by atoms with van der Waals surface area (Å²) in [4.78, 5) is 4.21. The van der Waals surface area contributed by atoms with Crippen molar-refractivity contribution < 1.29 is 4.74 Å².